The van der Waals surface area contributed by atoms with Crippen LogP contribution in [0.3, 0.4) is 0 Å². The minimum atomic E-state index is -0.665. The van der Waals surface area contributed by atoms with E-state index in [-0.39, 0.29) is 35.8 Å². The number of pyridine rings is 1. The number of hydrogen-bond donors (Lipinski definition) is 2. The zero-order valence-electron chi connectivity index (χ0n) is 21.5. The molecule has 2 aromatic carbocycles. The van der Waals surface area contributed by atoms with E-state index >= 15 is 0 Å². The lowest BCUT2D eigenvalue weighted by molar-refractivity contribution is 0.0950. The maximum atomic E-state index is 14.9. The van der Waals surface area contributed by atoms with Gasteiger partial charge in [0.05, 0.1) is 5.56 Å². The topological polar surface area (TPSA) is 102 Å². The average molecular weight is 519 g/mol. The van der Waals surface area contributed by atoms with Crippen LogP contribution in [0.4, 0.5) is 14.6 Å². The Balaban J connectivity index is 1.50. The molecule has 0 radical (unpaired) electrons. The van der Waals surface area contributed by atoms with Gasteiger partial charge in [0.1, 0.15) is 29.5 Å². The van der Waals surface area contributed by atoms with Gasteiger partial charge >= 0.3 is 0 Å². The average Bonchev–Trinajstić information content (AvgIpc) is 3.38. The van der Waals surface area contributed by atoms with Crippen molar-refractivity contribution in [2.24, 2.45) is 0 Å². The van der Waals surface area contributed by atoms with Gasteiger partial charge in [-0.25, -0.2) is 13.8 Å². The highest BCUT2D eigenvalue weighted by atomic mass is 19.1. The number of rotatable bonds is 8. The molecule has 0 aliphatic heterocycles. The molecule has 8 nitrogen and oxygen atoms in total. The van der Waals surface area contributed by atoms with E-state index in [0.717, 1.165) is 0 Å². The van der Waals surface area contributed by atoms with Gasteiger partial charge in [0.15, 0.2) is 5.82 Å². The summed E-state index contributed by atoms with van der Waals surface area (Å²) in [5.74, 6) is -1.53. The molecule has 0 saturated heterocycles. The van der Waals surface area contributed by atoms with Crippen molar-refractivity contribution in [3.63, 3.8) is 0 Å². The van der Waals surface area contributed by atoms with E-state index in [0.29, 0.717) is 28.2 Å². The van der Waals surface area contributed by atoms with Crippen LogP contribution < -0.4 is 10.6 Å². The van der Waals surface area contributed by atoms with E-state index in [1.807, 2.05) is 25.3 Å². The third kappa shape index (κ3) is 5.91. The maximum Gasteiger partial charge on any atom is 0.259 e. The van der Waals surface area contributed by atoms with Gasteiger partial charge in [-0.1, -0.05) is 13.0 Å². The first-order valence-corrected chi connectivity index (χ1v) is 12.2. The Morgan fingerprint density at radius 2 is 1.74 bits per heavy atom. The number of carbonyl (C=O) groups is 2. The highest BCUT2D eigenvalue weighted by Crippen LogP contribution is 2.25. The number of nitrogens with zero attached hydrogens (tertiary/aromatic N) is 4. The number of aryl methyl sites for hydroxylation is 1. The summed E-state index contributed by atoms with van der Waals surface area (Å²) in [6.45, 7) is 7.83. The van der Waals surface area contributed by atoms with Crippen molar-refractivity contribution >= 4 is 17.6 Å². The molecule has 4 rings (SSSR count). The Bertz CT molecular complexity index is 1470. The lowest BCUT2D eigenvalue weighted by Crippen LogP contribution is -2.28. The summed E-state index contributed by atoms with van der Waals surface area (Å²) in [5.41, 5.74) is 2.07. The van der Waals surface area contributed by atoms with E-state index in [9.17, 15) is 18.4 Å². The fourth-order valence-corrected chi connectivity index (χ4v) is 4.07. The second kappa shape index (κ2) is 11.3. The second-order valence-corrected chi connectivity index (χ2v) is 9.32. The van der Waals surface area contributed by atoms with Crippen LogP contribution in [0.2, 0.25) is 0 Å². The molecule has 2 aromatic heterocycles. The van der Waals surface area contributed by atoms with Gasteiger partial charge in [-0.2, -0.15) is 0 Å². The molecule has 38 heavy (non-hydrogen) atoms. The van der Waals surface area contributed by atoms with Crippen LogP contribution in [-0.4, -0.2) is 38.1 Å². The smallest absolute Gasteiger partial charge is 0.259 e. The molecular weight excluding hydrogens is 490 g/mol. The third-order valence-corrected chi connectivity index (χ3v) is 6.16. The predicted molar refractivity (Wildman–Crippen MR) is 140 cm³/mol. The zero-order chi connectivity index (χ0) is 27.4. The predicted octanol–water partition coefficient (Wildman–Crippen LogP) is 5.29. The van der Waals surface area contributed by atoms with Crippen molar-refractivity contribution in [1.82, 2.24) is 25.1 Å². The molecule has 196 valence electrons. The van der Waals surface area contributed by atoms with Crippen LogP contribution in [0.25, 0.3) is 11.5 Å². The van der Waals surface area contributed by atoms with Gasteiger partial charge in [0, 0.05) is 18.2 Å². The molecule has 0 aliphatic rings. The van der Waals surface area contributed by atoms with Crippen molar-refractivity contribution < 1.29 is 18.4 Å². The standard InChI is InChI=1S/C28H28F2N6O2/c1-16(2)36-15-32-35-26(36)24-6-5-7-25(33-24)34-28(38)22-13-21(17(3)12-23(22)30)18(4)14-31-27(37)19-8-10-20(29)11-9-19/h5-13,15-16,18H,14H2,1-4H3,(H,31,37)(H,33,34,38). The molecule has 0 bridgehead atoms. The lowest BCUT2D eigenvalue weighted by atomic mass is 9.93. The molecule has 2 N–H and O–H groups in total. The van der Waals surface area contributed by atoms with E-state index in [1.54, 1.807) is 31.5 Å². The highest BCUT2D eigenvalue weighted by molar-refractivity contribution is 6.04. The number of anilines is 1. The van der Waals surface area contributed by atoms with Crippen LogP contribution in [0, 0.1) is 18.6 Å². The quantitative estimate of drug-likeness (QED) is 0.330. The van der Waals surface area contributed by atoms with E-state index in [4.69, 9.17) is 0 Å². The van der Waals surface area contributed by atoms with E-state index in [2.05, 4.69) is 25.8 Å². The summed E-state index contributed by atoms with van der Waals surface area (Å²) in [4.78, 5) is 29.9. The molecule has 0 aliphatic carbocycles. The van der Waals surface area contributed by atoms with Gasteiger partial charge < -0.3 is 15.2 Å². The SMILES string of the molecule is Cc1cc(F)c(C(=O)Nc2cccc(-c3nncn3C(C)C)n2)cc1C(C)CNC(=O)c1ccc(F)cc1. The van der Waals surface area contributed by atoms with Crippen molar-refractivity contribution in [3.8, 4) is 11.5 Å². The van der Waals surface area contributed by atoms with Gasteiger partial charge in [-0.3, -0.25) is 9.59 Å². The van der Waals surface area contributed by atoms with Crippen LogP contribution in [0.5, 0.6) is 0 Å². The number of amides is 2. The largest absolute Gasteiger partial charge is 0.351 e. The summed E-state index contributed by atoms with van der Waals surface area (Å²) >= 11 is 0. The highest BCUT2D eigenvalue weighted by Gasteiger charge is 2.20. The van der Waals surface area contributed by atoms with Crippen LogP contribution in [0.15, 0.2) is 60.9 Å². The number of carbonyl (C=O) groups excluding carboxylic acids is 2. The monoisotopic (exact) mass is 518 g/mol. The van der Waals surface area contributed by atoms with Gasteiger partial charge in [-0.05, 0) is 86.3 Å². The minimum absolute atomic E-state index is 0.114. The van der Waals surface area contributed by atoms with Crippen LogP contribution in [-0.2, 0) is 0 Å². The Morgan fingerprint density at radius 1 is 1.00 bits per heavy atom. The summed E-state index contributed by atoms with van der Waals surface area (Å²) in [6, 6.07) is 13.2. The first-order valence-electron chi connectivity index (χ1n) is 12.2. The molecule has 4 aromatic rings. The normalized spacial score (nSPS) is 11.9. The zero-order valence-corrected chi connectivity index (χ0v) is 21.5. The number of nitrogens with one attached hydrogen (secondary N) is 2. The van der Waals surface area contributed by atoms with Gasteiger partial charge in [0.2, 0.25) is 0 Å². The van der Waals surface area contributed by atoms with E-state index in [1.165, 1.54) is 36.4 Å². The molecule has 1 atom stereocenters. The molecule has 1 unspecified atom stereocenters. The third-order valence-electron chi connectivity index (χ3n) is 6.16. The minimum Gasteiger partial charge on any atom is -0.351 e. The molecular formula is C28H28F2N6O2. The lowest BCUT2D eigenvalue weighted by Gasteiger charge is -2.17. The summed E-state index contributed by atoms with van der Waals surface area (Å²) in [7, 11) is 0. The Morgan fingerprint density at radius 3 is 2.45 bits per heavy atom. The Hall–Kier alpha value is -4.47. The summed E-state index contributed by atoms with van der Waals surface area (Å²) < 4.78 is 29.8. The Labute approximate surface area is 219 Å². The summed E-state index contributed by atoms with van der Waals surface area (Å²) in [5, 5.41) is 13.5. The van der Waals surface area contributed by atoms with Crippen molar-refractivity contribution in [1.29, 1.82) is 0 Å². The van der Waals surface area contributed by atoms with Gasteiger partial charge in [-0.15, -0.1) is 10.2 Å². The fourth-order valence-electron chi connectivity index (χ4n) is 4.07. The van der Waals surface area contributed by atoms with E-state index < -0.39 is 17.5 Å². The van der Waals surface area contributed by atoms with Crippen molar-refractivity contribution in [2.45, 2.75) is 39.7 Å². The summed E-state index contributed by atoms with van der Waals surface area (Å²) in [6.07, 6.45) is 1.61. The molecule has 10 heteroatoms. The number of aromatic nitrogens is 4. The van der Waals surface area contributed by atoms with Crippen molar-refractivity contribution in [3.05, 3.63) is 94.8 Å². The van der Waals surface area contributed by atoms with Crippen molar-refractivity contribution in [2.75, 3.05) is 11.9 Å². The van der Waals surface area contributed by atoms with Crippen LogP contribution >= 0.6 is 0 Å². The maximum absolute atomic E-state index is 14.9. The molecule has 0 spiro atoms. The molecule has 2 amide bonds. The second-order valence-electron chi connectivity index (χ2n) is 9.32. The molecule has 0 fully saturated rings. The number of benzene rings is 2. The number of hydrogen-bond acceptors (Lipinski definition) is 5. The fraction of sp³-hybridized carbons (Fsp3) is 0.250. The Kier molecular flexibility index (Phi) is 7.90. The first kappa shape index (κ1) is 26.6. The number of halogens is 2. The first-order chi connectivity index (χ1) is 18.1. The van der Waals surface area contributed by atoms with Crippen LogP contribution in [0.1, 0.15) is 64.6 Å². The molecule has 0 saturated carbocycles. The van der Waals surface area contributed by atoms with Gasteiger partial charge in [0.25, 0.3) is 11.8 Å². The molecule has 2 heterocycles.